The first-order valence-corrected chi connectivity index (χ1v) is 7.10. The summed E-state index contributed by atoms with van der Waals surface area (Å²) in [7, 11) is 0. The number of Topliss-reactive ketones (excluding diaryl/α,β-unsaturated/α-hetero) is 1. The molecule has 1 heterocycles. The molecule has 120 valence electrons. The highest BCUT2D eigenvalue weighted by Crippen LogP contribution is 2.31. The molecule has 1 aromatic carbocycles. The molecule has 0 amide bonds. The molecular weight excluding hydrogens is 328 g/mol. The number of carbonyl (C=O) groups excluding carboxylic acids is 1. The Morgan fingerprint density at radius 2 is 1.83 bits per heavy atom. The van der Waals surface area contributed by atoms with E-state index in [1.165, 1.54) is 18.3 Å². The van der Waals surface area contributed by atoms with Crippen LogP contribution in [0.4, 0.5) is 8.78 Å². The highest BCUT2D eigenvalue weighted by Gasteiger charge is 2.29. The van der Waals surface area contributed by atoms with Crippen LogP contribution >= 0.6 is 11.6 Å². The number of aliphatic carboxylic acids is 1. The Labute approximate surface area is 135 Å². The minimum Gasteiger partial charge on any atom is -0.481 e. The van der Waals surface area contributed by atoms with Crippen molar-refractivity contribution in [3.63, 3.8) is 0 Å². The van der Waals surface area contributed by atoms with Crippen molar-refractivity contribution >= 4 is 23.4 Å². The third-order valence-corrected chi connectivity index (χ3v) is 3.65. The lowest BCUT2D eigenvalue weighted by molar-refractivity contribution is -0.137. The van der Waals surface area contributed by atoms with E-state index < -0.39 is 34.9 Å². The van der Waals surface area contributed by atoms with Crippen molar-refractivity contribution in [2.45, 2.75) is 18.8 Å². The summed E-state index contributed by atoms with van der Waals surface area (Å²) in [4.78, 5) is 27.2. The molecule has 0 spiro atoms. The van der Waals surface area contributed by atoms with E-state index >= 15 is 0 Å². The first-order chi connectivity index (χ1) is 10.9. The van der Waals surface area contributed by atoms with Crippen molar-refractivity contribution in [3.8, 4) is 0 Å². The van der Waals surface area contributed by atoms with Crippen LogP contribution in [0, 0.1) is 11.6 Å². The van der Waals surface area contributed by atoms with Crippen molar-refractivity contribution in [2.24, 2.45) is 0 Å². The second kappa shape index (κ2) is 7.28. The van der Waals surface area contributed by atoms with Crippen LogP contribution in [0.2, 0.25) is 5.15 Å². The smallest absolute Gasteiger partial charge is 0.303 e. The van der Waals surface area contributed by atoms with Gasteiger partial charge in [-0.15, -0.1) is 0 Å². The highest BCUT2D eigenvalue weighted by molar-refractivity contribution is 6.30. The molecule has 0 aliphatic rings. The third-order valence-electron chi connectivity index (χ3n) is 3.34. The number of hydrogen-bond donors (Lipinski definition) is 1. The summed E-state index contributed by atoms with van der Waals surface area (Å²) in [6.45, 7) is 0. The van der Waals surface area contributed by atoms with E-state index in [1.54, 1.807) is 0 Å². The van der Waals surface area contributed by atoms with Crippen LogP contribution < -0.4 is 0 Å². The van der Waals surface area contributed by atoms with Gasteiger partial charge in [0.1, 0.15) is 16.8 Å². The van der Waals surface area contributed by atoms with Crippen LogP contribution in [0.15, 0.2) is 36.5 Å². The number of carboxylic acid groups (broad SMARTS) is 1. The molecule has 1 unspecified atom stereocenters. The van der Waals surface area contributed by atoms with E-state index in [0.717, 1.165) is 18.2 Å². The number of carboxylic acids is 1. The first kappa shape index (κ1) is 17.0. The minimum absolute atomic E-state index is 0.00649. The maximum absolute atomic E-state index is 13.9. The quantitative estimate of drug-likeness (QED) is 0.641. The number of nitrogens with zero attached hydrogens (tertiary/aromatic N) is 1. The average molecular weight is 340 g/mol. The third kappa shape index (κ3) is 3.90. The molecule has 4 nitrogen and oxygen atoms in total. The second-order valence-electron chi connectivity index (χ2n) is 4.83. The molecule has 0 saturated heterocycles. The van der Waals surface area contributed by atoms with Crippen LogP contribution in [-0.4, -0.2) is 21.8 Å². The van der Waals surface area contributed by atoms with Gasteiger partial charge in [-0.1, -0.05) is 23.7 Å². The number of carbonyl (C=O) groups is 2. The Balaban J connectivity index is 2.47. The number of halogens is 3. The Hall–Kier alpha value is -2.34. The molecule has 2 rings (SSSR count). The van der Waals surface area contributed by atoms with Gasteiger partial charge in [0.25, 0.3) is 0 Å². The number of benzene rings is 1. The Morgan fingerprint density at radius 3 is 2.39 bits per heavy atom. The molecule has 1 N–H and O–H groups in total. The van der Waals surface area contributed by atoms with Crippen molar-refractivity contribution in [1.82, 2.24) is 4.98 Å². The summed E-state index contributed by atoms with van der Waals surface area (Å²) in [6.07, 6.45) is 0.902. The van der Waals surface area contributed by atoms with Crippen LogP contribution in [-0.2, 0) is 4.79 Å². The number of rotatable bonds is 6. The van der Waals surface area contributed by atoms with Gasteiger partial charge in [0.2, 0.25) is 0 Å². The van der Waals surface area contributed by atoms with Crippen molar-refractivity contribution in [2.75, 3.05) is 0 Å². The zero-order valence-corrected chi connectivity index (χ0v) is 12.6. The molecule has 0 saturated carbocycles. The van der Waals surface area contributed by atoms with Gasteiger partial charge in [-0.25, -0.2) is 13.8 Å². The zero-order valence-electron chi connectivity index (χ0n) is 11.8. The van der Waals surface area contributed by atoms with Gasteiger partial charge >= 0.3 is 5.97 Å². The Kier molecular flexibility index (Phi) is 5.39. The second-order valence-corrected chi connectivity index (χ2v) is 5.19. The molecule has 7 heteroatoms. The maximum Gasteiger partial charge on any atom is 0.303 e. The first-order valence-electron chi connectivity index (χ1n) is 6.72. The van der Waals surface area contributed by atoms with Crippen LogP contribution in [0.3, 0.4) is 0 Å². The van der Waals surface area contributed by atoms with Crippen molar-refractivity contribution in [3.05, 3.63) is 64.4 Å². The van der Waals surface area contributed by atoms with Crippen LogP contribution in [0.5, 0.6) is 0 Å². The lowest BCUT2D eigenvalue weighted by Gasteiger charge is -2.17. The van der Waals surface area contributed by atoms with Gasteiger partial charge < -0.3 is 5.11 Å². The average Bonchev–Trinajstić information content (AvgIpc) is 2.48. The van der Waals surface area contributed by atoms with Gasteiger partial charge in [0.15, 0.2) is 5.78 Å². The summed E-state index contributed by atoms with van der Waals surface area (Å²) in [5.41, 5.74) is -0.467. The summed E-state index contributed by atoms with van der Waals surface area (Å²) in [6, 6.07) is 6.08. The van der Waals surface area contributed by atoms with Crippen LogP contribution in [0.25, 0.3) is 0 Å². The van der Waals surface area contributed by atoms with E-state index in [4.69, 9.17) is 16.7 Å². The maximum atomic E-state index is 13.9. The predicted molar refractivity (Wildman–Crippen MR) is 79.5 cm³/mol. The Morgan fingerprint density at radius 1 is 1.17 bits per heavy atom. The lowest BCUT2D eigenvalue weighted by atomic mass is 9.87. The number of hydrogen-bond acceptors (Lipinski definition) is 3. The van der Waals surface area contributed by atoms with Crippen molar-refractivity contribution < 1.29 is 23.5 Å². The Bertz CT molecular complexity index is 732. The summed E-state index contributed by atoms with van der Waals surface area (Å²) >= 11 is 5.95. The normalized spacial score (nSPS) is 12.0. The molecule has 0 radical (unpaired) electrons. The minimum atomic E-state index is -1.13. The summed E-state index contributed by atoms with van der Waals surface area (Å²) in [5.74, 6) is -5.10. The molecule has 0 aliphatic carbocycles. The fourth-order valence-electron chi connectivity index (χ4n) is 2.26. The summed E-state index contributed by atoms with van der Waals surface area (Å²) < 4.78 is 27.7. The lowest BCUT2D eigenvalue weighted by Crippen LogP contribution is -2.18. The van der Waals surface area contributed by atoms with Gasteiger partial charge in [-0.05, 0) is 24.6 Å². The fourth-order valence-corrected chi connectivity index (χ4v) is 2.51. The highest BCUT2D eigenvalue weighted by atomic mass is 35.5. The molecule has 0 fully saturated rings. The SMILES string of the molecule is O=C(O)CCC(C(=O)c1c(F)cccc1F)c1cccnc1Cl. The fraction of sp³-hybridized carbons (Fsp3) is 0.188. The number of pyridine rings is 1. The molecule has 2 aromatic rings. The molecule has 0 bridgehead atoms. The summed E-state index contributed by atoms with van der Waals surface area (Å²) in [5, 5.41) is 8.83. The van der Waals surface area contributed by atoms with Gasteiger partial charge in [0.05, 0.1) is 11.5 Å². The van der Waals surface area contributed by atoms with E-state index in [9.17, 15) is 18.4 Å². The molecular formula is C16H12ClF2NO3. The van der Waals surface area contributed by atoms with E-state index in [2.05, 4.69) is 4.98 Å². The number of aromatic nitrogens is 1. The van der Waals surface area contributed by atoms with Gasteiger partial charge in [-0.3, -0.25) is 9.59 Å². The standard InChI is InChI=1S/C16H12ClF2NO3/c17-16-10(3-2-8-20-16)9(6-7-13(21)22)15(23)14-11(18)4-1-5-12(14)19/h1-5,8-9H,6-7H2,(H,21,22). The van der Waals surface area contributed by atoms with E-state index in [0.29, 0.717) is 0 Å². The van der Waals surface area contributed by atoms with Gasteiger partial charge in [0, 0.05) is 18.2 Å². The molecule has 23 heavy (non-hydrogen) atoms. The predicted octanol–water partition coefficient (Wildman–Crippen LogP) is 3.84. The van der Waals surface area contributed by atoms with Crippen molar-refractivity contribution in [1.29, 1.82) is 0 Å². The molecule has 1 aromatic heterocycles. The largest absolute Gasteiger partial charge is 0.481 e. The topological polar surface area (TPSA) is 67.3 Å². The van der Waals surface area contributed by atoms with E-state index in [-0.39, 0.29) is 23.6 Å². The van der Waals surface area contributed by atoms with E-state index in [1.807, 2.05) is 0 Å². The van der Waals surface area contributed by atoms with Crippen LogP contribution in [0.1, 0.15) is 34.7 Å². The monoisotopic (exact) mass is 339 g/mol. The number of ketones is 1. The zero-order chi connectivity index (χ0) is 17.0. The van der Waals surface area contributed by atoms with Gasteiger partial charge in [-0.2, -0.15) is 0 Å². The molecule has 0 aliphatic heterocycles. The molecule has 1 atom stereocenters.